The van der Waals surface area contributed by atoms with Gasteiger partial charge >= 0.3 is 0 Å². The van der Waals surface area contributed by atoms with Crippen LogP contribution >= 0.6 is 0 Å². The maximum Gasteiger partial charge on any atom is 0.120 e. The molecule has 0 radical (unpaired) electrons. The third kappa shape index (κ3) is 2.49. The van der Waals surface area contributed by atoms with E-state index < -0.39 is 0 Å². The summed E-state index contributed by atoms with van der Waals surface area (Å²) in [5.41, 5.74) is 3.48. The van der Waals surface area contributed by atoms with Crippen molar-refractivity contribution in [3.8, 4) is 5.75 Å². The lowest BCUT2D eigenvalue weighted by atomic mass is 10.0. The summed E-state index contributed by atoms with van der Waals surface area (Å²) in [5, 5.41) is 4.83. The zero-order valence-corrected chi connectivity index (χ0v) is 14.3. The number of hydrogen-bond donors (Lipinski definition) is 1. The third-order valence-electron chi connectivity index (χ3n) is 4.46. The lowest BCUT2D eigenvalue weighted by Crippen LogP contribution is -2.19. The van der Waals surface area contributed by atoms with Crippen molar-refractivity contribution in [2.24, 2.45) is 0 Å². The van der Waals surface area contributed by atoms with Gasteiger partial charge in [-0.3, -0.25) is 4.98 Å². The van der Waals surface area contributed by atoms with Crippen LogP contribution in [0.4, 0.5) is 0 Å². The number of likely N-dealkylation sites (N-methyl/N-ethyl adjacent to an activating group) is 1. The first-order chi connectivity index (χ1) is 11.6. The Morgan fingerprint density at radius 1 is 1.08 bits per heavy atom. The molecule has 122 valence electrons. The lowest BCUT2D eigenvalue weighted by molar-refractivity contribution is 0.261. The van der Waals surface area contributed by atoms with Crippen LogP contribution in [0.25, 0.3) is 32.6 Å². The van der Waals surface area contributed by atoms with E-state index in [0.717, 1.165) is 17.8 Å². The maximum atomic E-state index is 5.86. The maximum absolute atomic E-state index is 5.86. The van der Waals surface area contributed by atoms with Crippen LogP contribution in [0.3, 0.4) is 0 Å². The molecule has 0 saturated carbocycles. The van der Waals surface area contributed by atoms with Gasteiger partial charge in [-0.1, -0.05) is 6.07 Å². The Morgan fingerprint density at radius 3 is 2.79 bits per heavy atom. The van der Waals surface area contributed by atoms with Crippen LogP contribution in [-0.2, 0) is 0 Å². The fraction of sp³-hybridized carbons (Fsp3) is 0.250. The molecule has 24 heavy (non-hydrogen) atoms. The molecule has 0 unspecified atom stereocenters. The Kier molecular flexibility index (Phi) is 3.62. The minimum Gasteiger partial charge on any atom is -0.492 e. The molecule has 0 saturated heterocycles. The average Bonchev–Trinajstić information content (AvgIpc) is 2.95. The molecular formula is C20H21N3O. The van der Waals surface area contributed by atoms with E-state index >= 15 is 0 Å². The number of pyridine rings is 1. The molecule has 4 rings (SSSR count). The van der Waals surface area contributed by atoms with Crippen LogP contribution in [-0.4, -0.2) is 42.1 Å². The second kappa shape index (κ2) is 5.80. The number of fused-ring (bicyclic) bond motifs is 5. The largest absolute Gasteiger partial charge is 0.492 e. The second-order valence-corrected chi connectivity index (χ2v) is 6.53. The number of H-pyrrole nitrogens is 1. The number of rotatable bonds is 4. The van der Waals surface area contributed by atoms with Gasteiger partial charge in [-0.25, -0.2) is 0 Å². The fourth-order valence-corrected chi connectivity index (χ4v) is 3.19. The van der Waals surface area contributed by atoms with Crippen LogP contribution in [0.1, 0.15) is 5.56 Å². The highest BCUT2D eigenvalue weighted by molar-refractivity contribution is 6.20. The number of aryl methyl sites for hydroxylation is 1. The van der Waals surface area contributed by atoms with E-state index in [1.807, 2.05) is 26.5 Å². The molecule has 1 N–H and O–H groups in total. The number of ether oxygens (including phenoxy) is 1. The molecule has 0 aliphatic carbocycles. The first-order valence-corrected chi connectivity index (χ1v) is 8.20. The predicted octanol–water partition coefficient (Wildman–Crippen LogP) is 4.12. The molecule has 0 bridgehead atoms. The Hall–Kier alpha value is -2.59. The van der Waals surface area contributed by atoms with Crippen molar-refractivity contribution < 1.29 is 4.74 Å². The topological polar surface area (TPSA) is 41.1 Å². The summed E-state index contributed by atoms with van der Waals surface area (Å²) in [6.45, 7) is 3.69. The Morgan fingerprint density at radius 2 is 1.96 bits per heavy atom. The van der Waals surface area contributed by atoms with Gasteiger partial charge in [-0.15, -0.1) is 0 Å². The fourth-order valence-electron chi connectivity index (χ4n) is 3.19. The van der Waals surface area contributed by atoms with Gasteiger partial charge in [0.1, 0.15) is 12.4 Å². The molecule has 0 aliphatic heterocycles. The van der Waals surface area contributed by atoms with Gasteiger partial charge in [0.2, 0.25) is 0 Å². The Balaban J connectivity index is 1.83. The molecule has 2 heterocycles. The SMILES string of the molecule is Cc1cncc2c1[nH]c1ccc3cc(OCCN(C)C)ccc3c12. The van der Waals surface area contributed by atoms with E-state index in [4.69, 9.17) is 4.74 Å². The molecule has 4 heteroatoms. The van der Waals surface area contributed by atoms with Crippen molar-refractivity contribution in [1.82, 2.24) is 14.9 Å². The van der Waals surface area contributed by atoms with Crippen LogP contribution in [0, 0.1) is 6.92 Å². The van der Waals surface area contributed by atoms with Crippen molar-refractivity contribution in [3.05, 3.63) is 48.3 Å². The zero-order valence-electron chi connectivity index (χ0n) is 14.3. The van der Waals surface area contributed by atoms with Gasteiger partial charge in [0, 0.05) is 35.2 Å². The number of hydrogen-bond acceptors (Lipinski definition) is 3. The number of nitrogens with zero attached hydrogens (tertiary/aromatic N) is 2. The van der Waals surface area contributed by atoms with Crippen molar-refractivity contribution in [2.75, 3.05) is 27.2 Å². The zero-order chi connectivity index (χ0) is 16.7. The number of aromatic amines is 1. The molecule has 0 amide bonds. The monoisotopic (exact) mass is 319 g/mol. The predicted molar refractivity (Wildman–Crippen MR) is 99.9 cm³/mol. The standard InChI is InChI=1S/C20H21N3O/c1-13-11-21-12-17-19-16-6-5-15(24-9-8-23(2)3)10-14(16)4-7-18(19)22-20(13)17/h4-7,10-12,22H,8-9H2,1-3H3. The summed E-state index contributed by atoms with van der Waals surface area (Å²) in [4.78, 5) is 10.0. The Labute approximate surface area is 141 Å². The van der Waals surface area contributed by atoms with E-state index in [2.05, 4.69) is 52.1 Å². The normalized spacial score (nSPS) is 11.8. The first kappa shape index (κ1) is 15.0. The lowest BCUT2D eigenvalue weighted by Gasteiger charge is -2.11. The summed E-state index contributed by atoms with van der Waals surface area (Å²) < 4.78 is 5.86. The summed E-state index contributed by atoms with van der Waals surface area (Å²) in [5.74, 6) is 0.915. The van der Waals surface area contributed by atoms with Crippen LogP contribution in [0.5, 0.6) is 5.75 Å². The van der Waals surface area contributed by atoms with Gasteiger partial charge in [0.25, 0.3) is 0 Å². The molecule has 0 atom stereocenters. The van der Waals surface area contributed by atoms with Crippen molar-refractivity contribution in [1.29, 1.82) is 0 Å². The quantitative estimate of drug-likeness (QED) is 0.615. The van der Waals surface area contributed by atoms with E-state index in [9.17, 15) is 0 Å². The summed E-state index contributed by atoms with van der Waals surface area (Å²) in [7, 11) is 4.10. The minimum absolute atomic E-state index is 0.691. The summed E-state index contributed by atoms with van der Waals surface area (Å²) in [6.07, 6.45) is 3.85. The highest BCUT2D eigenvalue weighted by Gasteiger charge is 2.10. The highest BCUT2D eigenvalue weighted by atomic mass is 16.5. The van der Waals surface area contributed by atoms with Crippen LogP contribution in [0.15, 0.2) is 42.7 Å². The van der Waals surface area contributed by atoms with Gasteiger partial charge < -0.3 is 14.6 Å². The van der Waals surface area contributed by atoms with Gasteiger partial charge in [-0.05, 0) is 61.6 Å². The average molecular weight is 319 g/mol. The third-order valence-corrected chi connectivity index (χ3v) is 4.46. The van der Waals surface area contributed by atoms with Gasteiger partial charge in [0.15, 0.2) is 0 Å². The highest BCUT2D eigenvalue weighted by Crippen LogP contribution is 2.34. The molecule has 4 nitrogen and oxygen atoms in total. The van der Waals surface area contributed by atoms with E-state index in [1.54, 1.807) is 0 Å². The minimum atomic E-state index is 0.691. The Bertz CT molecular complexity index is 1030. The van der Waals surface area contributed by atoms with Crippen molar-refractivity contribution >= 4 is 32.6 Å². The first-order valence-electron chi connectivity index (χ1n) is 8.20. The number of aromatic nitrogens is 2. The molecular weight excluding hydrogens is 298 g/mol. The van der Waals surface area contributed by atoms with Crippen LogP contribution < -0.4 is 4.74 Å². The number of nitrogens with one attached hydrogen (secondary N) is 1. The van der Waals surface area contributed by atoms with Crippen molar-refractivity contribution in [3.63, 3.8) is 0 Å². The molecule has 0 fully saturated rings. The summed E-state index contributed by atoms with van der Waals surface area (Å²) >= 11 is 0. The van der Waals surface area contributed by atoms with Crippen molar-refractivity contribution in [2.45, 2.75) is 6.92 Å². The van der Waals surface area contributed by atoms with Gasteiger partial charge in [0.05, 0.1) is 5.52 Å². The number of benzene rings is 2. The van der Waals surface area contributed by atoms with Crippen LogP contribution in [0.2, 0.25) is 0 Å². The molecule has 2 aromatic heterocycles. The smallest absolute Gasteiger partial charge is 0.120 e. The van der Waals surface area contributed by atoms with E-state index in [1.165, 1.54) is 32.6 Å². The second-order valence-electron chi connectivity index (χ2n) is 6.53. The summed E-state index contributed by atoms with van der Waals surface area (Å²) in [6, 6.07) is 10.6. The molecule has 0 aliphatic rings. The van der Waals surface area contributed by atoms with E-state index in [0.29, 0.717) is 6.61 Å². The molecule has 4 aromatic rings. The van der Waals surface area contributed by atoms with E-state index in [-0.39, 0.29) is 0 Å². The van der Waals surface area contributed by atoms with Gasteiger partial charge in [-0.2, -0.15) is 0 Å². The molecule has 2 aromatic carbocycles. The molecule has 0 spiro atoms.